The summed E-state index contributed by atoms with van der Waals surface area (Å²) in [5.74, 6) is 0. The number of hydrogen-bond acceptors (Lipinski definition) is 2. The molecule has 2 aromatic rings. The fourth-order valence-corrected chi connectivity index (χ4v) is 3.46. The lowest BCUT2D eigenvalue weighted by Gasteiger charge is -2.24. The van der Waals surface area contributed by atoms with Gasteiger partial charge in [-0.3, -0.25) is 0 Å². The third kappa shape index (κ3) is 3.40. The maximum atomic E-state index is 9.19. The first kappa shape index (κ1) is 15.3. The smallest absolute Gasteiger partial charge is 0.0431 e. The minimum Gasteiger partial charge on any atom is -0.396 e. The SMILES string of the molecule is Cc1ccc2c(c1)C(NC(CCCO)c1ccccc1)CC2. The second-order valence-corrected chi connectivity index (χ2v) is 6.29. The molecule has 2 heteroatoms. The summed E-state index contributed by atoms with van der Waals surface area (Å²) in [6.45, 7) is 2.42. The van der Waals surface area contributed by atoms with Gasteiger partial charge in [0.1, 0.15) is 0 Å². The molecular weight excluding hydrogens is 270 g/mol. The van der Waals surface area contributed by atoms with Gasteiger partial charge in [-0.25, -0.2) is 0 Å². The van der Waals surface area contributed by atoms with Crippen LogP contribution < -0.4 is 5.32 Å². The van der Waals surface area contributed by atoms with Crippen LogP contribution in [0.15, 0.2) is 48.5 Å². The first-order valence-electron chi connectivity index (χ1n) is 8.29. The van der Waals surface area contributed by atoms with Crippen molar-refractivity contribution in [3.63, 3.8) is 0 Å². The number of rotatable bonds is 6. The molecule has 0 heterocycles. The molecule has 0 spiro atoms. The lowest BCUT2D eigenvalue weighted by molar-refractivity contribution is 0.271. The van der Waals surface area contributed by atoms with E-state index in [2.05, 4.69) is 60.8 Å². The topological polar surface area (TPSA) is 32.3 Å². The second-order valence-electron chi connectivity index (χ2n) is 6.29. The first-order valence-corrected chi connectivity index (χ1v) is 8.29. The van der Waals surface area contributed by atoms with E-state index >= 15 is 0 Å². The van der Waals surface area contributed by atoms with E-state index < -0.39 is 0 Å². The van der Waals surface area contributed by atoms with E-state index in [0.29, 0.717) is 12.1 Å². The van der Waals surface area contributed by atoms with E-state index in [9.17, 15) is 5.11 Å². The van der Waals surface area contributed by atoms with Crippen molar-refractivity contribution >= 4 is 0 Å². The fourth-order valence-electron chi connectivity index (χ4n) is 3.46. The molecule has 2 atom stereocenters. The molecule has 3 rings (SSSR count). The van der Waals surface area contributed by atoms with Crippen LogP contribution in [0.4, 0.5) is 0 Å². The lowest BCUT2D eigenvalue weighted by atomic mass is 9.99. The molecule has 2 nitrogen and oxygen atoms in total. The van der Waals surface area contributed by atoms with Crippen molar-refractivity contribution in [1.29, 1.82) is 0 Å². The number of aliphatic hydroxyl groups is 1. The van der Waals surface area contributed by atoms with Gasteiger partial charge >= 0.3 is 0 Å². The number of aliphatic hydroxyl groups excluding tert-OH is 1. The summed E-state index contributed by atoms with van der Waals surface area (Å²) < 4.78 is 0. The van der Waals surface area contributed by atoms with E-state index in [-0.39, 0.29) is 6.61 Å². The summed E-state index contributed by atoms with van der Waals surface area (Å²) in [6.07, 6.45) is 4.13. The minimum absolute atomic E-state index is 0.255. The summed E-state index contributed by atoms with van der Waals surface area (Å²) >= 11 is 0. The zero-order valence-electron chi connectivity index (χ0n) is 13.3. The third-order valence-electron chi connectivity index (χ3n) is 4.63. The average molecular weight is 295 g/mol. The average Bonchev–Trinajstić information content (AvgIpc) is 2.94. The molecule has 2 unspecified atom stereocenters. The monoisotopic (exact) mass is 295 g/mol. The third-order valence-corrected chi connectivity index (χ3v) is 4.63. The van der Waals surface area contributed by atoms with Gasteiger partial charge in [0.15, 0.2) is 0 Å². The van der Waals surface area contributed by atoms with Crippen molar-refractivity contribution in [2.75, 3.05) is 6.61 Å². The molecule has 0 saturated heterocycles. The Morgan fingerprint density at radius 2 is 2.00 bits per heavy atom. The molecule has 2 N–H and O–H groups in total. The van der Waals surface area contributed by atoms with Gasteiger partial charge in [-0.15, -0.1) is 0 Å². The van der Waals surface area contributed by atoms with Gasteiger partial charge in [0.05, 0.1) is 0 Å². The number of fused-ring (bicyclic) bond motifs is 1. The van der Waals surface area contributed by atoms with Crippen LogP contribution in [0.25, 0.3) is 0 Å². The molecular formula is C20H25NO. The van der Waals surface area contributed by atoms with Gasteiger partial charge in [-0.05, 0) is 49.3 Å². The van der Waals surface area contributed by atoms with Gasteiger partial charge in [-0.1, -0.05) is 54.1 Å². The van der Waals surface area contributed by atoms with Gasteiger partial charge in [-0.2, -0.15) is 0 Å². The molecule has 0 saturated carbocycles. The molecule has 0 bridgehead atoms. The van der Waals surface area contributed by atoms with E-state index in [4.69, 9.17) is 0 Å². The van der Waals surface area contributed by atoms with Crippen LogP contribution in [-0.4, -0.2) is 11.7 Å². The minimum atomic E-state index is 0.255. The number of hydrogen-bond donors (Lipinski definition) is 2. The van der Waals surface area contributed by atoms with Crippen LogP contribution in [0.1, 0.15) is 53.6 Å². The Hall–Kier alpha value is -1.64. The van der Waals surface area contributed by atoms with Crippen molar-refractivity contribution in [3.8, 4) is 0 Å². The number of benzene rings is 2. The van der Waals surface area contributed by atoms with Crippen LogP contribution in [0.5, 0.6) is 0 Å². The highest BCUT2D eigenvalue weighted by molar-refractivity contribution is 5.38. The largest absolute Gasteiger partial charge is 0.396 e. The molecule has 0 radical (unpaired) electrons. The summed E-state index contributed by atoms with van der Waals surface area (Å²) in [5.41, 5.74) is 5.60. The van der Waals surface area contributed by atoms with Crippen molar-refractivity contribution < 1.29 is 5.11 Å². The second kappa shape index (κ2) is 7.08. The van der Waals surface area contributed by atoms with E-state index in [1.165, 1.54) is 28.7 Å². The Bertz CT molecular complexity index is 608. The van der Waals surface area contributed by atoms with Crippen molar-refractivity contribution in [2.45, 2.75) is 44.7 Å². The molecule has 116 valence electrons. The molecule has 22 heavy (non-hydrogen) atoms. The van der Waals surface area contributed by atoms with Crippen LogP contribution in [0.2, 0.25) is 0 Å². The molecule has 1 aliphatic carbocycles. The number of nitrogens with one attached hydrogen (secondary N) is 1. The van der Waals surface area contributed by atoms with Gasteiger partial charge in [0.25, 0.3) is 0 Å². The van der Waals surface area contributed by atoms with Crippen molar-refractivity contribution in [1.82, 2.24) is 5.32 Å². The van der Waals surface area contributed by atoms with Gasteiger partial charge in [0.2, 0.25) is 0 Å². The number of aryl methyl sites for hydroxylation is 2. The Kier molecular flexibility index (Phi) is 4.91. The molecule has 0 aromatic heterocycles. The maximum absolute atomic E-state index is 9.19. The Morgan fingerprint density at radius 3 is 2.77 bits per heavy atom. The quantitative estimate of drug-likeness (QED) is 0.841. The normalized spacial score (nSPS) is 18.2. The van der Waals surface area contributed by atoms with Gasteiger partial charge in [0, 0.05) is 18.7 Å². The maximum Gasteiger partial charge on any atom is 0.0431 e. The zero-order chi connectivity index (χ0) is 15.4. The summed E-state index contributed by atoms with van der Waals surface area (Å²) in [5, 5.41) is 13.0. The lowest BCUT2D eigenvalue weighted by Crippen LogP contribution is -2.25. The highest BCUT2D eigenvalue weighted by Crippen LogP contribution is 2.34. The molecule has 2 aromatic carbocycles. The van der Waals surface area contributed by atoms with Crippen LogP contribution in [0, 0.1) is 6.92 Å². The molecule has 1 aliphatic rings. The summed E-state index contributed by atoms with van der Waals surface area (Å²) in [6, 6.07) is 18.2. The Labute approximate surface area is 133 Å². The predicted molar refractivity (Wildman–Crippen MR) is 90.9 cm³/mol. The van der Waals surface area contributed by atoms with E-state index in [0.717, 1.165) is 19.3 Å². The van der Waals surface area contributed by atoms with Crippen LogP contribution in [-0.2, 0) is 6.42 Å². The fraction of sp³-hybridized carbons (Fsp3) is 0.400. The predicted octanol–water partition coefficient (Wildman–Crippen LogP) is 4.09. The van der Waals surface area contributed by atoms with E-state index in [1.54, 1.807) is 0 Å². The summed E-state index contributed by atoms with van der Waals surface area (Å²) in [7, 11) is 0. The van der Waals surface area contributed by atoms with Crippen molar-refractivity contribution in [2.24, 2.45) is 0 Å². The Balaban J connectivity index is 1.79. The van der Waals surface area contributed by atoms with Gasteiger partial charge < -0.3 is 10.4 Å². The highest BCUT2D eigenvalue weighted by Gasteiger charge is 2.25. The standard InChI is InChI=1S/C20H25NO/c1-15-9-10-16-11-12-20(18(16)14-15)21-19(8-5-13-22)17-6-3-2-4-7-17/h2-4,6-7,9-10,14,19-22H,5,8,11-13H2,1H3. The van der Waals surface area contributed by atoms with Crippen LogP contribution >= 0.6 is 0 Å². The van der Waals surface area contributed by atoms with Crippen LogP contribution in [0.3, 0.4) is 0 Å². The molecule has 0 amide bonds. The Morgan fingerprint density at radius 1 is 1.18 bits per heavy atom. The highest BCUT2D eigenvalue weighted by atomic mass is 16.2. The summed E-state index contributed by atoms with van der Waals surface area (Å²) in [4.78, 5) is 0. The zero-order valence-corrected chi connectivity index (χ0v) is 13.3. The molecule has 0 fully saturated rings. The first-order chi connectivity index (χ1) is 10.8. The molecule has 0 aliphatic heterocycles. The van der Waals surface area contributed by atoms with Crippen molar-refractivity contribution in [3.05, 3.63) is 70.8 Å². The van der Waals surface area contributed by atoms with E-state index in [1.807, 2.05) is 0 Å².